The maximum atomic E-state index is 12.8. The fraction of sp³-hybridized carbons (Fsp3) is 0.412. The first-order chi connectivity index (χ1) is 12.6. The number of rotatable bonds is 5. The maximum Gasteiger partial charge on any atom is 0.251 e. The van der Waals surface area contributed by atoms with Gasteiger partial charge in [0.05, 0.1) is 18.8 Å². The van der Waals surface area contributed by atoms with Crippen LogP contribution >= 0.6 is 23.8 Å². The Bertz CT molecular complexity index is 718. The molecule has 0 aliphatic carbocycles. The standard InChI is InChI=1S/C17H20ClN5O2S/c18-12-1-3-13(4-2-12)23-16(25)14(15(24)21-17(23)26)11-20-7-10-22-8-5-19-6-9-22/h1-4,11,14,19H,5-10H2,(H,21,24,26)/p+2/t14-/m1/s1. The number of hydrogen-bond donors (Lipinski definition) is 3. The van der Waals surface area contributed by atoms with E-state index >= 15 is 0 Å². The van der Waals surface area contributed by atoms with E-state index in [1.165, 1.54) is 16.0 Å². The molecule has 0 bridgehead atoms. The van der Waals surface area contributed by atoms with E-state index in [0.717, 1.165) is 32.7 Å². The number of benzene rings is 1. The second-order valence-electron chi connectivity index (χ2n) is 6.34. The third kappa shape index (κ3) is 4.45. The lowest BCUT2D eigenvalue weighted by atomic mass is 10.1. The summed E-state index contributed by atoms with van der Waals surface area (Å²) in [7, 11) is 0. The third-order valence-electron chi connectivity index (χ3n) is 4.54. The predicted molar refractivity (Wildman–Crippen MR) is 104 cm³/mol. The second kappa shape index (κ2) is 8.68. The molecular weight excluding hydrogens is 374 g/mol. The number of hydrogen-bond acceptors (Lipinski definition) is 4. The van der Waals surface area contributed by atoms with Crippen molar-refractivity contribution in [2.24, 2.45) is 10.9 Å². The molecule has 0 saturated carbocycles. The van der Waals surface area contributed by atoms with Crippen molar-refractivity contribution in [1.29, 1.82) is 0 Å². The van der Waals surface area contributed by atoms with Gasteiger partial charge in [-0.25, -0.2) is 0 Å². The van der Waals surface area contributed by atoms with Crippen LogP contribution in [0.1, 0.15) is 0 Å². The molecule has 2 amide bonds. The number of piperazine rings is 1. The first kappa shape index (κ1) is 18.9. The number of nitrogens with one attached hydrogen (secondary N) is 2. The molecule has 0 unspecified atom stereocenters. The summed E-state index contributed by atoms with van der Waals surface area (Å²) in [6.45, 7) is 6.02. The van der Waals surface area contributed by atoms with Crippen LogP contribution in [0.15, 0.2) is 29.3 Å². The van der Waals surface area contributed by atoms with Gasteiger partial charge in [0.1, 0.15) is 26.2 Å². The third-order valence-corrected chi connectivity index (χ3v) is 5.08. The molecule has 26 heavy (non-hydrogen) atoms. The first-order valence-corrected chi connectivity index (χ1v) is 9.44. The lowest BCUT2D eigenvalue weighted by Gasteiger charge is -2.30. The van der Waals surface area contributed by atoms with E-state index in [4.69, 9.17) is 23.8 Å². The zero-order chi connectivity index (χ0) is 18.5. The van der Waals surface area contributed by atoms with Gasteiger partial charge in [-0.3, -0.25) is 19.5 Å². The molecule has 2 fully saturated rings. The molecule has 1 atom stereocenters. The SMILES string of the molecule is O=C1NC(=S)N(c2ccc(Cl)cc2)C(=O)[C@@H]1C=NCC[NH+]1CC[NH2+]CC1. The van der Waals surface area contributed by atoms with E-state index < -0.39 is 17.7 Å². The zero-order valence-corrected chi connectivity index (χ0v) is 15.9. The van der Waals surface area contributed by atoms with Crippen LogP contribution in [0.3, 0.4) is 0 Å². The summed E-state index contributed by atoms with van der Waals surface area (Å²) in [6, 6.07) is 6.72. The van der Waals surface area contributed by atoms with E-state index in [0.29, 0.717) is 17.3 Å². The summed E-state index contributed by atoms with van der Waals surface area (Å²) >= 11 is 11.1. The number of thiocarbonyl (C=S) groups is 1. The molecule has 0 spiro atoms. The molecule has 1 aromatic rings. The van der Waals surface area contributed by atoms with Crippen molar-refractivity contribution < 1.29 is 19.8 Å². The van der Waals surface area contributed by atoms with Crippen molar-refractivity contribution in [2.75, 3.05) is 44.2 Å². The van der Waals surface area contributed by atoms with Crippen molar-refractivity contribution >= 4 is 52.6 Å². The van der Waals surface area contributed by atoms with Crippen LogP contribution in [0, 0.1) is 5.92 Å². The fourth-order valence-corrected chi connectivity index (χ4v) is 3.51. The minimum atomic E-state index is -0.970. The van der Waals surface area contributed by atoms with Crippen LogP contribution in [0.25, 0.3) is 0 Å². The summed E-state index contributed by atoms with van der Waals surface area (Å²) in [5.41, 5.74) is 0.566. The average molecular weight is 396 g/mol. The van der Waals surface area contributed by atoms with Crippen LogP contribution < -0.4 is 20.4 Å². The lowest BCUT2D eigenvalue weighted by molar-refractivity contribution is -0.945. The van der Waals surface area contributed by atoms with Gasteiger partial charge in [0, 0.05) is 11.2 Å². The van der Waals surface area contributed by atoms with E-state index in [1.54, 1.807) is 24.3 Å². The van der Waals surface area contributed by atoms with E-state index in [-0.39, 0.29) is 5.11 Å². The van der Waals surface area contributed by atoms with Gasteiger partial charge in [-0.05, 0) is 36.5 Å². The smallest absolute Gasteiger partial charge is 0.251 e. The Morgan fingerprint density at radius 2 is 2.00 bits per heavy atom. The van der Waals surface area contributed by atoms with Gasteiger partial charge >= 0.3 is 0 Å². The highest BCUT2D eigenvalue weighted by Crippen LogP contribution is 2.22. The Balaban J connectivity index is 1.65. The summed E-state index contributed by atoms with van der Waals surface area (Å²) in [6.07, 6.45) is 1.44. The highest BCUT2D eigenvalue weighted by atomic mass is 35.5. The Labute approximate surface area is 162 Å². The molecule has 138 valence electrons. The molecule has 9 heteroatoms. The molecule has 0 radical (unpaired) electrons. The molecule has 1 aromatic carbocycles. The Morgan fingerprint density at radius 3 is 2.69 bits per heavy atom. The van der Waals surface area contributed by atoms with E-state index in [1.807, 2.05) is 0 Å². The van der Waals surface area contributed by atoms with Crippen molar-refractivity contribution in [3.05, 3.63) is 29.3 Å². The van der Waals surface area contributed by atoms with Crippen LogP contribution in [0.5, 0.6) is 0 Å². The van der Waals surface area contributed by atoms with Crippen molar-refractivity contribution in [1.82, 2.24) is 5.32 Å². The number of carbonyl (C=O) groups excluding carboxylic acids is 2. The van der Waals surface area contributed by atoms with Crippen molar-refractivity contribution in [2.45, 2.75) is 0 Å². The number of amides is 2. The van der Waals surface area contributed by atoms with Gasteiger partial charge < -0.3 is 15.5 Å². The minimum absolute atomic E-state index is 0.0704. The predicted octanol–water partition coefficient (Wildman–Crippen LogP) is -1.76. The number of halogens is 1. The van der Waals surface area contributed by atoms with Gasteiger partial charge in [-0.1, -0.05) is 11.6 Å². The second-order valence-corrected chi connectivity index (χ2v) is 7.17. The molecule has 2 aliphatic rings. The van der Waals surface area contributed by atoms with Crippen LogP contribution in [-0.4, -0.2) is 62.4 Å². The van der Waals surface area contributed by atoms with Crippen molar-refractivity contribution in [3.8, 4) is 0 Å². The lowest BCUT2D eigenvalue weighted by Crippen LogP contribution is -3.20. The molecule has 0 aromatic heterocycles. The highest BCUT2D eigenvalue weighted by Gasteiger charge is 2.38. The largest absolute Gasteiger partial charge is 0.337 e. The van der Waals surface area contributed by atoms with Gasteiger partial charge in [-0.15, -0.1) is 0 Å². The molecule has 7 nitrogen and oxygen atoms in total. The van der Waals surface area contributed by atoms with Gasteiger partial charge in [0.25, 0.3) is 5.91 Å². The monoisotopic (exact) mass is 395 g/mol. The zero-order valence-electron chi connectivity index (χ0n) is 14.3. The van der Waals surface area contributed by atoms with Crippen LogP contribution in [0.2, 0.25) is 5.02 Å². The maximum absolute atomic E-state index is 12.8. The molecule has 2 heterocycles. The average Bonchev–Trinajstić information content (AvgIpc) is 2.63. The summed E-state index contributed by atoms with van der Waals surface area (Å²) in [5.74, 6) is -1.80. The summed E-state index contributed by atoms with van der Waals surface area (Å²) < 4.78 is 0. The fourth-order valence-electron chi connectivity index (χ4n) is 3.09. The molecule has 2 saturated heterocycles. The van der Waals surface area contributed by atoms with E-state index in [2.05, 4.69) is 15.6 Å². The molecule has 3 rings (SSSR count). The van der Waals surface area contributed by atoms with E-state index in [9.17, 15) is 9.59 Å². The highest BCUT2D eigenvalue weighted by molar-refractivity contribution is 7.80. The van der Waals surface area contributed by atoms with Crippen molar-refractivity contribution in [3.63, 3.8) is 0 Å². The summed E-state index contributed by atoms with van der Waals surface area (Å²) in [5, 5.41) is 5.52. The molecule has 4 N–H and O–H groups in total. The van der Waals surface area contributed by atoms with Gasteiger partial charge in [0.15, 0.2) is 11.0 Å². The Morgan fingerprint density at radius 1 is 1.31 bits per heavy atom. The van der Waals surface area contributed by atoms with Crippen LogP contribution in [-0.2, 0) is 9.59 Å². The number of aliphatic imine (C=N–C) groups is 1. The summed E-state index contributed by atoms with van der Waals surface area (Å²) in [4.78, 5) is 32.1. The quantitative estimate of drug-likeness (QED) is 0.314. The number of anilines is 1. The first-order valence-electron chi connectivity index (χ1n) is 8.66. The number of carbonyl (C=O) groups is 2. The normalized spacial score (nSPS) is 22.1. The molecular formula is C17H22ClN5O2S+2. The number of nitrogens with two attached hydrogens (primary N) is 1. The number of quaternary nitrogens is 2. The van der Waals surface area contributed by atoms with Gasteiger partial charge in [0.2, 0.25) is 5.91 Å². The number of nitrogens with zero attached hydrogens (tertiary/aromatic N) is 2. The molecule has 2 aliphatic heterocycles. The Hall–Kier alpha value is -1.87. The van der Waals surface area contributed by atoms with Crippen LogP contribution in [0.4, 0.5) is 5.69 Å². The minimum Gasteiger partial charge on any atom is -0.337 e. The topological polar surface area (TPSA) is 82.8 Å². The Kier molecular flexibility index (Phi) is 6.31. The van der Waals surface area contributed by atoms with Gasteiger partial charge in [-0.2, -0.15) is 0 Å².